The van der Waals surface area contributed by atoms with Crippen molar-refractivity contribution in [2.45, 2.75) is 46.0 Å². The molecule has 1 aromatic carbocycles. The molecule has 2 heteroatoms. The summed E-state index contributed by atoms with van der Waals surface area (Å²) >= 11 is 0. The number of ether oxygens (including phenoxy) is 1. The minimum absolute atomic E-state index is 0.301. The predicted molar refractivity (Wildman–Crippen MR) is 85.5 cm³/mol. The summed E-state index contributed by atoms with van der Waals surface area (Å²) in [5, 5.41) is 3.67. The molecule has 1 aliphatic rings. The zero-order chi connectivity index (χ0) is 14.8. The molecule has 0 amide bonds. The van der Waals surface area contributed by atoms with Crippen molar-refractivity contribution < 1.29 is 4.74 Å². The topological polar surface area (TPSA) is 21.3 Å². The summed E-state index contributed by atoms with van der Waals surface area (Å²) in [5.74, 6) is 2.47. The Kier molecular flexibility index (Phi) is 4.74. The maximum atomic E-state index is 5.51. The summed E-state index contributed by atoms with van der Waals surface area (Å²) in [6.45, 7) is 11.2. The second kappa shape index (κ2) is 6.17. The van der Waals surface area contributed by atoms with Crippen molar-refractivity contribution in [2.75, 3.05) is 20.2 Å². The quantitative estimate of drug-likeness (QED) is 0.849. The molecule has 0 bridgehead atoms. The lowest BCUT2D eigenvalue weighted by Crippen LogP contribution is -2.50. The van der Waals surface area contributed by atoms with Crippen LogP contribution >= 0.6 is 0 Å². The first-order chi connectivity index (χ1) is 9.49. The molecule has 1 saturated carbocycles. The average Bonchev–Trinajstić information content (AvgIpc) is 2.42. The molecule has 1 N–H and O–H groups in total. The molecule has 1 fully saturated rings. The molecule has 0 aliphatic heterocycles. The Bertz CT molecular complexity index is 455. The summed E-state index contributed by atoms with van der Waals surface area (Å²) in [7, 11) is 1.76. The number of hydrogen-bond donors (Lipinski definition) is 1. The van der Waals surface area contributed by atoms with Crippen molar-refractivity contribution in [3.63, 3.8) is 0 Å². The van der Waals surface area contributed by atoms with E-state index in [1.165, 1.54) is 24.0 Å². The van der Waals surface area contributed by atoms with Gasteiger partial charge in [-0.2, -0.15) is 0 Å². The van der Waals surface area contributed by atoms with Crippen LogP contribution in [-0.4, -0.2) is 20.2 Å². The van der Waals surface area contributed by atoms with Crippen LogP contribution in [-0.2, 0) is 5.41 Å². The first kappa shape index (κ1) is 15.4. The third-order valence-electron chi connectivity index (χ3n) is 4.94. The van der Waals surface area contributed by atoms with Crippen LogP contribution in [0.5, 0.6) is 5.75 Å². The van der Waals surface area contributed by atoms with E-state index in [0.717, 1.165) is 24.8 Å². The fourth-order valence-corrected chi connectivity index (χ4v) is 3.29. The largest absolute Gasteiger partial charge is 0.496 e. The smallest absolute Gasteiger partial charge is 0.122 e. The highest BCUT2D eigenvalue weighted by molar-refractivity contribution is 5.41. The van der Waals surface area contributed by atoms with Gasteiger partial charge in [-0.1, -0.05) is 32.9 Å². The third kappa shape index (κ3) is 2.85. The fraction of sp³-hybridized carbons (Fsp3) is 0.667. The highest BCUT2D eigenvalue weighted by Crippen LogP contribution is 2.49. The summed E-state index contributed by atoms with van der Waals surface area (Å²) < 4.78 is 5.51. The van der Waals surface area contributed by atoms with Crippen molar-refractivity contribution in [1.82, 2.24) is 5.32 Å². The molecule has 2 rings (SSSR count). The van der Waals surface area contributed by atoms with Gasteiger partial charge in [0.25, 0.3) is 0 Å². The predicted octanol–water partition coefficient (Wildman–Crippen LogP) is 3.92. The van der Waals surface area contributed by atoms with Crippen molar-refractivity contribution in [3.8, 4) is 5.75 Å². The SMILES string of the molecule is COc1cc(C2(CNCC(C)C)CCC2C)ccc1C. The standard InChI is InChI=1S/C18H29NO/c1-13(2)11-19-12-18(9-8-15(18)4)16-7-6-14(3)17(10-16)20-5/h6-7,10,13,15,19H,8-9,11-12H2,1-5H3. The Morgan fingerprint density at radius 1 is 1.40 bits per heavy atom. The van der Waals surface area contributed by atoms with Gasteiger partial charge in [0, 0.05) is 12.0 Å². The van der Waals surface area contributed by atoms with E-state index < -0.39 is 0 Å². The minimum Gasteiger partial charge on any atom is -0.496 e. The molecule has 1 aromatic rings. The number of nitrogens with one attached hydrogen (secondary N) is 1. The van der Waals surface area contributed by atoms with Gasteiger partial charge in [0.15, 0.2) is 0 Å². The molecule has 0 aromatic heterocycles. The van der Waals surface area contributed by atoms with Crippen molar-refractivity contribution >= 4 is 0 Å². The van der Waals surface area contributed by atoms with Gasteiger partial charge in [0.1, 0.15) is 5.75 Å². The molecule has 2 unspecified atom stereocenters. The molecule has 112 valence electrons. The van der Waals surface area contributed by atoms with E-state index in [4.69, 9.17) is 4.74 Å². The Hall–Kier alpha value is -1.02. The van der Waals surface area contributed by atoms with Crippen molar-refractivity contribution in [3.05, 3.63) is 29.3 Å². The second-order valence-electron chi connectivity index (χ2n) is 6.81. The average molecular weight is 275 g/mol. The number of rotatable bonds is 6. The van der Waals surface area contributed by atoms with E-state index in [2.05, 4.69) is 51.2 Å². The lowest BCUT2D eigenvalue weighted by atomic mass is 9.57. The van der Waals surface area contributed by atoms with E-state index in [0.29, 0.717) is 11.3 Å². The maximum absolute atomic E-state index is 5.51. The molecular formula is C18H29NO. The van der Waals surface area contributed by atoms with E-state index in [1.54, 1.807) is 7.11 Å². The maximum Gasteiger partial charge on any atom is 0.122 e. The van der Waals surface area contributed by atoms with Crippen LogP contribution < -0.4 is 10.1 Å². The summed E-state index contributed by atoms with van der Waals surface area (Å²) in [5.41, 5.74) is 2.96. The van der Waals surface area contributed by atoms with Gasteiger partial charge in [0.05, 0.1) is 7.11 Å². The van der Waals surface area contributed by atoms with Gasteiger partial charge >= 0.3 is 0 Å². The molecule has 0 saturated heterocycles. The van der Waals surface area contributed by atoms with Crippen molar-refractivity contribution in [2.24, 2.45) is 11.8 Å². The second-order valence-corrected chi connectivity index (χ2v) is 6.81. The Labute approximate surface area is 123 Å². The van der Waals surface area contributed by atoms with Gasteiger partial charge in [-0.05, 0) is 55.3 Å². The Morgan fingerprint density at radius 3 is 2.65 bits per heavy atom. The lowest BCUT2D eigenvalue weighted by molar-refractivity contribution is 0.132. The molecule has 2 atom stereocenters. The first-order valence-electron chi connectivity index (χ1n) is 7.85. The molecule has 20 heavy (non-hydrogen) atoms. The van der Waals surface area contributed by atoms with Crippen LogP contribution in [0, 0.1) is 18.8 Å². The summed E-state index contributed by atoms with van der Waals surface area (Å²) in [4.78, 5) is 0. The fourth-order valence-electron chi connectivity index (χ4n) is 3.29. The van der Waals surface area contributed by atoms with Gasteiger partial charge in [-0.3, -0.25) is 0 Å². The number of methoxy groups -OCH3 is 1. The normalized spacial score (nSPS) is 25.6. The van der Waals surface area contributed by atoms with Gasteiger partial charge < -0.3 is 10.1 Å². The molecule has 2 nitrogen and oxygen atoms in total. The highest BCUT2D eigenvalue weighted by atomic mass is 16.5. The van der Waals surface area contributed by atoms with Gasteiger partial charge in [-0.25, -0.2) is 0 Å². The van der Waals surface area contributed by atoms with Crippen LogP contribution in [0.15, 0.2) is 18.2 Å². The molecule has 0 spiro atoms. The molecular weight excluding hydrogens is 246 g/mol. The third-order valence-corrected chi connectivity index (χ3v) is 4.94. The Balaban J connectivity index is 2.20. The Morgan fingerprint density at radius 2 is 2.15 bits per heavy atom. The monoisotopic (exact) mass is 275 g/mol. The number of benzene rings is 1. The minimum atomic E-state index is 0.301. The van der Waals surface area contributed by atoms with Crippen LogP contribution in [0.2, 0.25) is 0 Å². The van der Waals surface area contributed by atoms with E-state index in [-0.39, 0.29) is 0 Å². The van der Waals surface area contributed by atoms with E-state index in [1.807, 2.05) is 0 Å². The molecule has 1 aliphatic carbocycles. The molecule has 0 heterocycles. The van der Waals surface area contributed by atoms with Gasteiger partial charge in [-0.15, -0.1) is 0 Å². The first-order valence-corrected chi connectivity index (χ1v) is 7.85. The highest BCUT2D eigenvalue weighted by Gasteiger charge is 2.45. The summed E-state index contributed by atoms with van der Waals surface area (Å²) in [6, 6.07) is 6.75. The lowest BCUT2D eigenvalue weighted by Gasteiger charge is -2.49. The van der Waals surface area contributed by atoms with E-state index >= 15 is 0 Å². The zero-order valence-electron chi connectivity index (χ0n) is 13.6. The summed E-state index contributed by atoms with van der Waals surface area (Å²) in [6.07, 6.45) is 2.62. The zero-order valence-corrected chi connectivity index (χ0v) is 13.6. The van der Waals surface area contributed by atoms with Crippen LogP contribution in [0.25, 0.3) is 0 Å². The number of aryl methyl sites for hydroxylation is 1. The number of hydrogen-bond acceptors (Lipinski definition) is 2. The van der Waals surface area contributed by atoms with E-state index in [9.17, 15) is 0 Å². The van der Waals surface area contributed by atoms with Crippen LogP contribution in [0.4, 0.5) is 0 Å². The van der Waals surface area contributed by atoms with Crippen molar-refractivity contribution in [1.29, 1.82) is 0 Å². The van der Waals surface area contributed by atoms with Gasteiger partial charge in [0.2, 0.25) is 0 Å². The van der Waals surface area contributed by atoms with Crippen LogP contribution in [0.1, 0.15) is 44.7 Å². The van der Waals surface area contributed by atoms with Crippen LogP contribution in [0.3, 0.4) is 0 Å². The molecule has 0 radical (unpaired) electrons.